The van der Waals surface area contributed by atoms with Gasteiger partial charge in [0.1, 0.15) is 43.6 Å². The van der Waals surface area contributed by atoms with Crippen LogP contribution >= 0.6 is 15.9 Å². The number of hydrogen-bond donors (Lipinski definition) is 1. The third kappa shape index (κ3) is 10.9. The summed E-state index contributed by atoms with van der Waals surface area (Å²) in [5.41, 5.74) is 8.69. The molecule has 4 heterocycles. The van der Waals surface area contributed by atoms with E-state index >= 15 is 0 Å². The molecule has 0 aliphatic rings. The van der Waals surface area contributed by atoms with Crippen LogP contribution in [0.25, 0.3) is 44.3 Å². The van der Waals surface area contributed by atoms with Gasteiger partial charge in [0.25, 0.3) is 0 Å². The van der Waals surface area contributed by atoms with E-state index in [4.69, 9.17) is 43.8 Å². The summed E-state index contributed by atoms with van der Waals surface area (Å²) < 4.78 is 36.0. The van der Waals surface area contributed by atoms with Crippen LogP contribution in [0.1, 0.15) is 48.6 Å². The third-order valence-corrected chi connectivity index (χ3v) is 12.8. The zero-order valence-electron chi connectivity index (χ0n) is 41.0. The molecule has 0 saturated carbocycles. The lowest BCUT2D eigenvalue weighted by molar-refractivity contribution is 0.215. The maximum absolute atomic E-state index is 14.4. The van der Waals surface area contributed by atoms with E-state index in [2.05, 4.69) is 42.0 Å². The molecule has 10 rings (SSSR count). The number of nitrogens with one attached hydrogen (secondary N) is 1. The molecule has 14 heteroatoms. The number of rotatable bonds is 16. The van der Waals surface area contributed by atoms with E-state index in [9.17, 15) is 4.79 Å². The second-order valence-corrected chi connectivity index (χ2v) is 19.4. The number of amides is 1. The molecular weight excluding hydrogens is 983 g/mol. The van der Waals surface area contributed by atoms with Crippen LogP contribution in [0, 0.1) is 0 Å². The van der Waals surface area contributed by atoms with Gasteiger partial charge in [0, 0.05) is 47.3 Å². The summed E-state index contributed by atoms with van der Waals surface area (Å²) in [5.74, 6) is 1.84. The number of pyridine rings is 2. The van der Waals surface area contributed by atoms with Gasteiger partial charge in [0.15, 0.2) is 0 Å². The Morgan fingerprint density at radius 1 is 0.548 bits per heavy atom. The minimum absolute atomic E-state index is 0.247. The number of fused-ring (bicyclic) bond motifs is 2. The van der Waals surface area contributed by atoms with Crippen molar-refractivity contribution < 1.29 is 28.5 Å². The first kappa shape index (κ1) is 48.2. The smallest absolute Gasteiger partial charge is 0.417 e. The molecule has 4 aromatic heterocycles. The van der Waals surface area contributed by atoms with E-state index in [0.29, 0.717) is 82.7 Å². The van der Waals surface area contributed by atoms with Gasteiger partial charge in [-0.2, -0.15) is 20.2 Å². The minimum atomic E-state index is -0.698. The van der Waals surface area contributed by atoms with Gasteiger partial charge in [0.2, 0.25) is 23.5 Å². The van der Waals surface area contributed by atoms with Crippen molar-refractivity contribution in [3.05, 3.63) is 202 Å². The number of aryl methyl sites for hydroxylation is 2. The molecule has 0 aliphatic heterocycles. The van der Waals surface area contributed by atoms with Crippen LogP contribution in [0.5, 0.6) is 29.3 Å². The summed E-state index contributed by atoms with van der Waals surface area (Å²) in [6.45, 7) is 7.43. The van der Waals surface area contributed by atoms with Crippen molar-refractivity contribution in [2.24, 2.45) is 14.1 Å². The molecule has 6 aromatic carbocycles. The summed E-state index contributed by atoms with van der Waals surface area (Å²) in [6, 6.07) is 54.7. The summed E-state index contributed by atoms with van der Waals surface area (Å²) in [7, 11) is 3.71. The van der Waals surface area contributed by atoms with Crippen LogP contribution in [-0.4, -0.2) is 35.6 Å². The van der Waals surface area contributed by atoms with Crippen LogP contribution < -0.4 is 29.0 Å². The van der Waals surface area contributed by atoms with Crippen molar-refractivity contribution in [3.8, 4) is 51.8 Å². The number of anilines is 1. The van der Waals surface area contributed by atoms with Gasteiger partial charge < -0.3 is 23.7 Å². The number of halogens is 1. The van der Waals surface area contributed by atoms with Gasteiger partial charge in [0.05, 0.1) is 27.5 Å². The van der Waals surface area contributed by atoms with Crippen molar-refractivity contribution >= 4 is 49.5 Å². The number of hydrogen-bond acceptors (Lipinski definition) is 10. The number of ether oxygens (including phenoxy) is 5. The van der Waals surface area contributed by atoms with Gasteiger partial charge in [-0.1, -0.05) is 158 Å². The highest BCUT2D eigenvalue weighted by Gasteiger charge is 2.31. The molecular formula is C59H52BrN7O6. The molecule has 0 spiro atoms. The summed E-state index contributed by atoms with van der Waals surface area (Å²) in [6.07, 6.45) is -0.698. The zero-order valence-corrected chi connectivity index (χ0v) is 42.6. The minimum Gasteiger partial charge on any atom is -0.473 e. The van der Waals surface area contributed by atoms with E-state index in [1.54, 1.807) is 15.4 Å². The third-order valence-electron chi connectivity index (χ3n) is 12.2. The summed E-state index contributed by atoms with van der Waals surface area (Å²) in [4.78, 5) is 24.1. The van der Waals surface area contributed by atoms with Crippen LogP contribution in [0.4, 0.5) is 10.5 Å². The maximum atomic E-state index is 14.4. The molecule has 1 N–H and O–H groups in total. The molecule has 0 aliphatic carbocycles. The van der Waals surface area contributed by atoms with Gasteiger partial charge in [-0.3, -0.25) is 14.7 Å². The van der Waals surface area contributed by atoms with Gasteiger partial charge in [-0.25, -0.2) is 4.79 Å². The zero-order chi connectivity index (χ0) is 50.5. The molecule has 0 radical (unpaired) electrons. The second-order valence-electron chi connectivity index (χ2n) is 18.5. The first-order chi connectivity index (χ1) is 35.4. The average Bonchev–Trinajstić information content (AvgIpc) is 3.91. The normalized spacial score (nSPS) is 11.4. The predicted molar refractivity (Wildman–Crippen MR) is 287 cm³/mol. The molecule has 10 aromatic rings. The Morgan fingerprint density at radius 3 is 1.49 bits per heavy atom. The van der Waals surface area contributed by atoms with Crippen LogP contribution in [-0.2, 0) is 45.9 Å². The number of carbonyl (C=O) groups is 1. The summed E-state index contributed by atoms with van der Waals surface area (Å²) in [5, 5.41) is 14.4. The van der Waals surface area contributed by atoms with E-state index in [0.717, 1.165) is 48.7 Å². The quantitative estimate of drug-likeness (QED) is 0.0996. The Hall–Kier alpha value is -8.49. The van der Waals surface area contributed by atoms with Crippen molar-refractivity contribution in [3.63, 3.8) is 0 Å². The molecule has 0 saturated heterocycles. The first-order valence-electron chi connectivity index (χ1n) is 23.8. The Kier molecular flexibility index (Phi) is 13.9. The Bertz CT molecular complexity index is 3560. The van der Waals surface area contributed by atoms with E-state index in [1.165, 1.54) is 0 Å². The fourth-order valence-electron chi connectivity index (χ4n) is 8.61. The predicted octanol–water partition coefficient (Wildman–Crippen LogP) is 13.6. The lowest BCUT2D eigenvalue weighted by Crippen LogP contribution is -2.21. The fraction of sp³-hybridized carbons (Fsp3) is 0.169. The number of nitrogens with zero attached hydrogens (tertiary/aromatic N) is 6. The highest BCUT2D eigenvalue weighted by molar-refractivity contribution is 9.10. The van der Waals surface area contributed by atoms with Crippen molar-refractivity contribution in [2.75, 3.05) is 5.32 Å². The SMILES string of the molecule is Cn1nc(-c2ccc(OCc3ccccc3)nc2OCc2ccccc2)c2ccc(NC(=O)Oc3c(C(C)(C)C)c(Br)cc4c3c(-c3ccc(OCc5ccccc5)nc3OCc3ccccc3)nn4C)cc21. The Balaban J connectivity index is 0.972. The molecule has 0 atom stereocenters. The van der Waals surface area contributed by atoms with Crippen molar-refractivity contribution in [1.82, 2.24) is 29.5 Å². The highest BCUT2D eigenvalue weighted by atomic mass is 79.9. The Labute approximate surface area is 431 Å². The fourth-order valence-corrected chi connectivity index (χ4v) is 9.61. The van der Waals surface area contributed by atoms with Crippen molar-refractivity contribution in [2.45, 2.75) is 52.6 Å². The number of aromatic nitrogens is 6. The van der Waals surface area contributed by atoms with Crippen LogP contribution in [0.15, 0.2) is 174 Å². The number of carbonyl (C=O) groups excluding carboxylic acids is 1. The van der Waals surface area contributed by atoms with Gasteiger partial charge in [-0.05, 0) is 64.1 Å². The standard InChI is InChI=1S/C59H52BrN7O6/c1-59(2,3)52-46(60)33-48-51(54(65-67(48)5)45-29-31-50(70-35-39-20-12-7-13-21-39)63-57(45)72-37-41-24-16-9-17-25-41)55(52)73-58(68)61-42-26-27-43-47(32-42)66(4)64-53(43)44-28-30-49(69-34-38-18-10-6-11-19-38)62-56(44)71-36-40-22-14-8-15-23-40/h6-33H,34-37H2,1-5H3,(H,61,68). The largest absolute Gasteiger partial charge is 0.473 e. The van der Waals surface area contributed by atoms with Crippen LogP contribution in [0.2, 0.25) is 0 Å². The van der Waals surface area contributed by atoms with Crippen LogP contribution in [0.3, 0.4) is 0 Å². The molecule has 1 amide bonds. The lowest BCUT2D eigenvalue weighted by atomic mass is 9.85. The molecule has 73 heavy (non-hydrogen) atoms. The van der Waals surface area contributed by atoms with E-state index < -0.39 is 11.5 Å². The summed E-state index contributed by atoms with van der Waals surface area (Å²) >= 11 is 3.84. The van der Waals surface area contributed by atoms with Crippen molar-refractivity contribution in [1.29, 1.82) is 0 Å². The molecule has 0 unspecified atom stereocenters. The maximum Gasteiger partial charge on any atom is 0.417 e. The monoisotopic (exact) mass is 1030 g/mol. The molecule has 366 valence electrons. The van der Waals surface area contributed by atoms with Gasteiger partial charge in [-0.15, -0.1) is 0 Å². The van der Waals surface area contributed by atoms with Gasteiger partial charge >= 0.3 is 6.09 Å². The Morgan fingerprint density at radius 2 is 1.00 bits per heavy atom. The van der Waals surface area contributed by atoms with E-state index in [1.807, 2.05) is 178 Å². The highest BCUT2D eigenvalue weighted by Crippen LogP contribution is 2.47. The number of benzene rings is 6. The van der Waals surface area contributed by atoms with E-state index in [-0.39, 0.29) is 6.61 Å². The molecule has 0 bridgehead atoms. The molecule has 13 nitrogen and oxygen atoms in total. The second kappa shape index (κ2) is 21.1. The first-order valence-corrected chi connectivity index (χ1v) is 24.6. The lowest BCUT2D eigenvalue weighted by Gasteiger charge is -2.25. The average molecular weight is 1040 g/mol. The topological polar surface area (TPSA) is 137 Å². The molecule has 0 fully saturated rings.